The first kappa shape index (κ1) is 19.2. The summed E-state index contributed by atoms with van der Waals surface area (Å²) in [6, 6.07) is 6.36. The summed E-state index contributed by atoms with van der Waals surface area (Å²) in [4.78, 5) is 12.6. The van der Waals surface area contributed by atoms with Gasteiger partial charge in [0.1, 0.15) is 5.76 Å². The summed E-state index contributed by atoms with van der Waals surface area (Å²) in [7, 11) is 0. The van der Waals surface area contributed by atoms with Crippen molar-refractivity contribution in [2.45, 2.75) is 72.8 Å². The number of hydrogen-bond donors (Lipinski definition) is 1. The largest absolute Gasteiger partial charge is 0.430 e. The average Bonchev–Trinajstić information content (AvgIpc) is 2.87. The fraction of sp³-hybridized carbons (Fsp3) is 0.609. The zero-order chi connectivity index (χ0) is 19.1. The lowest BCUT2D eigenvalue weighted by molar-refractivity contribution is -0.149. The van der Waals surface area contributed by atoms with Gasteiger partial charge in [0.15, 0.2) is 0 Å². The number of benzene rings is 1. The summed E-state index contributed by atoms with van der Waals surface area (Å²) in [5.41, 5.74) is 3.77. The maximum absolute atomic E-state index is 12.6. The molecule has 1 saturated carbocycles. The number of fused-ring (bicyclic) bond motifs is 1. The second-order valence-electron chi connectivity index (χ2n) is 8.93. The van der Waals surface area contributed by atoms with Crippen LogP contribution in [-0.2, 0) is 16.0 Å². The van der Waals surface area contributed by atoms with Crippen LogP contribution in [0.2, 0.25) is 0 Å². The highest BCUT2D eigenvalue weighted by Crippen LogP contribution is 2.50. The van der Waals surface area contributed by atoms with E-state index in [0.29, 0.717) is 0 Å². The zero-order valence-electron chi connectivity index (χ0n) is 16.8. The van der Waals surface area contributed by atoms with E-state index >= 15 is 0 Å². The Balaban J connectivity index is 2.11. The summed E-state index contributed by atoms with van der Waals surface area (Å²) in [5.74, 6) is 0.854. The van der Waals surface area contributed by atoms with E-state index in [2.05, 4.69) is 32.0 Å². The molecule has 0 saturated heterocycles. The Morgan fingerprint density at radius 3 is 2.58 bits per heavy atom. The van der Waals surface area contributed by atoms with E-state index in [9.17, 15) is 9.90 Å². The lowest BCUT2D eigenvalue weighted by Gasteiger charge is -2.29. The van der Waals surface area contributed by atoms with Crippen LogP contribution in [0, 0.1) is 24.2 Å². The molecule has 2 aliphatic carbocycles. The van der Waals surface area contributed by atoms with Gasteiger partial charge in [-0.25, -0.2) is 0 Å². The Morgan fingerprint density at radius 1 is 1.23 bits per heavy atom. The number of allylic oxidation sites excluding steroid dienone is 1. The van der Waals surface area contributed by atoms with Gasteiger partial charge in [0.25, 0.3) is 0 Å². The van der Waals surface area contributed by atoms with Gasteiger partial charge in [0.05, 0.1) is 11.5 Å². The van der Waals surface area contributed by atoms with Crippen molar-refractivity contribution in [1.82, 2.24) is 0 Å². The van der Waals surface area contributed by atoms with Crippen LogP contribution in [0.1, 0.15) is 70.1 Å². The van der Waals surface area contributed by atoms with E-state index in [1.807, 2.05) is 20.8 Å². The molecular formula is C23H32O3. The Hall–Kier alpha value is -1.61. The van der Waals surface area contributed by atoms with Crippen molar-refractivity contribution >= 4 is 11.5 Å². The van der Waals surface area contributed by atoms with E-state index in [1.165, 1.54) is 11.1 Å². The molecular weight excluding hydrogens is 324 g/mol. The van der Waals surface area contributed by atoms with Gasteiger partial charge in [-0.1, -0.05) is 43.5 Å². The van der Waals surface area contributed by atoms with Crippen LogP contribution in [0.5, 0.6) is 0 Å². The lowest BCUT2D eigenvalue weighted by atomic mass is 9.79. The molecule has 0 radical (unpaired) electrons. The molecule has 0 amide bonds. The van der Waals surface area contributed by atoms with Crippen LogP contribution in [0.25, 0.3) is 5.57 Å². The predicted octanol–water partition coefficient (Wildman–Crippen LogP) is 5.04. The molecule has 1 aromatic carbocycles. The van der Waals surface area contributed by atoms with E-state index in [-0.39, 0.29) is 17.8 Å². The summed E-state index contributed by atoms with van der Waals surface area (Å²) in [6.45, 7) is 9.85. The molecule has 3 unspecified atom stereocenters. The van der Waals surface area contributed by atoms with Crippen molar-refractivity contribution in [3.63, 3.8) is 0 Å². The van der Waals surface area contributed by atoms with Crippen LogP contribution < -0.4 is 0 Å². The number of carbonyl (C=O) groups is 1. The van der Waals surface area contributed by atoms with E-state index < -0.39 is 11.5 Å². The molecule has 26 heavy (non-hydrogen) atoms. The number of aliphatic hydroxyl groups is 1. The van der Waals surface area contributed by atoms with Gasteiger partial charge in [-0.3, -0.25) is 4.79 Å². The van der Waals surface area contributed by atoms with Gasteiger partial charge >= 0.3 is 5.97 Å². The molecule has 1 aromatic rings. The van der Waals surface area contributed by atoms with Crippen molar-refractivity contribution < 1.29 is 14.6 Å². The molecule has 0 aliphatic heterocycles. The normalized spacial score (nSPS) is 26.0. The van der Waals surface area contributed by atoms with Crippen LogP contribution >= 0.6 is 0 Å². The molecule has 0 spiro atoms. The fourth-order valence-electron chi connectivity index (χ4n) is 4.38. The van der Waals surface area contributed by atoms with Crippen molar-refractivity contribution in [2.24, 2.45) is 17.3 Å². The molecule has 3 atom stereocenters. The molecule has 0 aromatic heterocycles. The summed E-state index contributed by atoms with van der Waals surface area (Å²) in [6.07, 6.45) is 4.61. The van der Waals surface area contributed by atoms with Crippen LogP contribution in [0.3, 0.4) is 0 Å². The van der Waals surface area contributed by atoms with Crippen LogP contribution in [-0.4, -0.2) is 17.2 Å². The Bertz CT molecular complexity index is 723. The smallest absolute Gasteiger partial charge is 0.316 e. The summed E-state index contributed by atoms with van der Waals surface area (Å²) < 4.78 is 5.99. The van der Waals surface area contributed by atoms with Gasteiger partial charge in [-0.15, -0.1) is 0 Å². The number of ether oxygens (including phenoxy) is 1. The average molecular weight is 357 g/mol. The number of esters is 1. The quantitative estimate of drug-likeness (QED) is 0.772. The highest BCUT2D eigenvalue weighted by Gasteiger charge is 2.46. The highest BCUT2D eigenvalue weighted by atomic mass is 16.5. The molecule has 3 rings (SSSR count). The first-order valence-corrected chi connectivity index (χ1v) is 9.98. The minimum atomic E-state index is -0.559. The molecule has 3 nitrogen and oxygen atoms in total. The van der Waals surface area contributed by atoms with Crippen LogP contribution in [0.15, 0.2) is 24.0 Å². The number of hydrogen-bond acceptors (Lipinski definition) is 3. The van der Waals surface area contributed by atoms with Crippen LogP contribution in [0.4, 0.5) is 0 Å². The first-order valence-electron chi connectivity index (χ1n) is 9.98. The highest BCUT2D eigenvalue weighted by molar-refractivity contribution is 5.82. The number of aliphatic hydroxyl groups excluding tert-OH is 1. The second-order valence-corrected chi connectivity index (χ2v) is 8.93. The number of aryl methyl sites for hydroxylation is 2. The third-order valence-electron chi connectivity index (χ3n) is 5.87. The molecule has 1 N–H and O–H groups in total. The van der Waals surface area contributed by atoms with E-state index in [0.717, 1.165) is 49.0 Å². The Morgan fingerprint density at radius 2 is 1.92 bits per heavy atom. The topological polar surface area (TPSA) is 46.5 Å². The molecule has 1 fully saturated rings. The summed E-state index contributed by atoms with van der Waals surface area (Å²) in [5, 5.41) is 11.2. The molecule has 142 valence electrons. The maximum atomic E-state index is 12.6. The van der Waals surface area contributed by atoms with Crippen molar-refractivity contribution in [2.75, 3.05) is 0 Å². The maximum Gasteiger partial charge on any atom is 0.316 e. The monoisotopic (exact) mass is 356 g/mol. The van der Waals surface area contributed by atoms with Crippen molar-refractivity contribution in [3.05, 3.63) is 40.6 Å². The fourth-order valence-corrected chi connectivity index (χ4v) is 4.38. The van der Waals surface area contributed by atoms with Gasteiger partial charge in [-0.2, -0.15) is 0 Å². The molecule has 0 heterocycles. The Kier molecular flexibility index (Phi) is 5.30. The lowest BCUT2D eigenvalue weighted by Crippen LogP contribution is -2.27. The number of carbonyl (C=O) groups excluding carboxylic acids is 1. The minimum Gasteiger partial charge on any atom is -0.430 e. The molecule has 0 bridgehead atoms. The molecule has 2 aliphatic rings. The van der Waals surface area contributed by atoms with Crippen molar-refractivity contribution in [1.29, 1.82) is 0 Å². The van der Waals surface area contributed by atoms with Gasteiger partial charge in [-0.05, 0) is 64.0 Å². The Labute approximate surface area is 157 Å². The third kappa shape index (κ3) is 3.46. The standard InChI is InChI=1S/C23H32O3/c1-6-15-13-14(2)11-12-16(15)19-20(24)17-9-7-8-10-18(17)21(19)26-22(25)23(3,4)5/h11-13,17-18,20,24H,6-10H2,1-5H3. The minimum absolute atomic E-state index is 0.158. The number of rotatable bonds is 3. The predicted molar refractivity (Wildman–Crippen MR) is 104 cm³/mol. The molecule has 3 heteroatoms. The van der Waals surface area contributed by atoms with Gasteiger partial charge in [0.2, 0.25) is 0 Å². The van der Waals surface area contributed by atoms with E-state index in [1.54, 1.807) is 0 Å². The SMILES string of the molecule is CCc1cc(C)ccc1C1=C(OC(=O)C(C)(C)C)C2CCCCC2C1O. The second kappa shape index (κ2) is 7.19. The van der Waals surface area contributed by atoms with Crippen molar-refractivity contribution in [3.8, 4) is 0 Å². The van der Waals surface area contributed by atoms with E-state index in [4.69, 9.17) is 4.74 Å². The zero-order valence-corrected chi connectivity index (χ0v) is 16.8. The van der Waals surface area contributed by atoms with Gasteiger partial charge in [0, 0.05) is 11.5 Å². The first-order chi connectivity index (χ1) is 12.2. The third-order valence-corrected chi connectivity index (χ3v) is 5.87. The summed E-state index contributed by atoms with van der Waals surface area (Å²) >= 11 is 0. The van der Waals surface area contributed by atoms with Gasteiger partial charge < -0.3 is 9.84 Å².